The summed E-state index contributed by atoms with van der Waals surface area (Å²) in [5.41, 5.74) is 0. The second-order valence-corrected chi connectivity index (χ2v) is 6.57. The van der Waals surface area contributed by atoms with Crippen LogP contribution in [0.1, 0.15) is 39.0 Å². The number of hydrogen-bond donors (Lipinski definition) is 1. The molecule has 0 spiro atoms. The molecule has 0 aliphatic carbocycles. The van der Waals surface area contributed by atoms with Crippen molar-refractivity contribution in [3.8, 4) is 0 Å². The highest BCUT2D eigenvalue weighted by molar-refractivity contribution is 7.09. The number of amides is 1. The highest BCUT2D eigenvalue weighted by atomic mass is 32.1. The van der Waals surface area contributed by atoms with Crippen LogP contribution in [0.4, 0.5) is 0 Å². The molecular weight excluding hydrogens is 242 g/mol. The molecule has 18 heavy (non-hydrogen) atoms. The van der Waals surface area contributed by atoms with E-state index in [-0.39, 0.29) is 5.91 Å². The van der Waals surface area contributed by atoms with Crippen molar-refractivity contribution in [3.05, 3.63) is 22.4 Å². The lowest BCUT2D eigenvalue weighted by Crippen LogP contribution is -2.34. The summed E-state index contributed by atoms with van der Waals surface area (Å²) in [7, 11) is 0. The van der Waals surface area contributed by atoms with Gasteiger partial charge >= 0.3 is 0 Å². The van der Waals surface area contributed by atoms with Crippen LogP contribution in [-0.2, 0) is 11.2 Å². The van der Waals surface area contributed by atoms with Crippen LogP contribution < -0.4 is 5.32 Å². The molecule has 1 heterocycles. The Hall–Kier alpha value is -0.830. The maximum atomic E-state index is 11.8. The van der Waals surface area contributed by atoms with E-state index < -0.39 is 0 Å². The van der Waals surface area contributed by atoms with E-state index in [0.717, 1.165) is 13.0 Å². The highest BCUT2D eigenvalue weighted by Gasteiger charge is 2.17. The zero-order valence-corrected chi connectivity index (χ0v) is 12.7. The smallest absolute Gasteiger partial charge is 0.220 e. The van der Waals surface area contributed by atoms with Gasteiger partial charge in [-0.05, 0) is 35.6 Å². The zero-order chi connectivity index (χ0) is 13.5. The van der Waals surface area contributed by atoms with Crippen molar-refractivity contribution in [2.75, 3.05) is 6.54 Å². The Morgan fingerprint density at radius 2 is 1.94 bits per heavy atom. The molecule has 1 aromatic heterocycles. The number of hydrogen-bond acceptors (Lipinski definition) is 2. The largest absolute Gasteiger partial charge is 0.356 e. The Labute approximate surface area is 115 Å². The van der Waals surface area contributed by atoms with Gasteiger partial charge in [0, 0.05) is 17.8 Å². The maximum Gasteiger partial charge on any atom is 0.220 e. The summed E-state index contributed by atoms with van der Waals surface area (Å²) in [5.74, 6) is 1.97. The molecule has 0 aliphatic rings. The zero-order valence-electron chi connectivity index (χ0n) is 11.9. The lowest BCUT2D eigenvalue weighted by atomic mass is 9.85. The molecule has 2 nitrogen and oxygen atoms in total. The maximum absolute atomic E-state index is 11.8. The Morgan fingerprint density at radius 3 is 2.44 bits per heavy atom. The minimum atomic E-state index is 0.176. The second-order valence-electron chi connectivity index (χ2n) is 5.54. The third kappa shape index (κ3) is 5.21. The fourth-order valence-electron chi connectivity index (χ4n) is 2.25. The number of rotatable bonds is 7. The topological polar surface area (TPSA) is 29.1 Å². The molecule has 1 rings (SSSR count). The van der Waals surface area contributed by atoms with Crippen molar-refractivity contribution in [2.24, 2.45) is 17.8 Å². The fourth-order valence-corrected chi connectivity index (χ4v) is 2.96. The van der Waals surface area contributed by atoms with Gasteiger partial charge in [0.15, 0.2) is 0 Å². The normalized spacial score (nSPS) is 11.5. The summed E-state index contributed by atoms with van der Waals surface area (Å²) < 4.78 is 0. The molecule has 0 bridgehead atoms. The number of nitrogens with one attached hydrogen (secondary N) is 1. The van der Waals surface area contributed by atoms with E-state index in [4.69, 9.17) is 0 Å². The van der Waals surface area contributed by atoms with Gasteiger partial charge in [-0.2, -0.15) is 0 Å². The van der Waals surface area contributed by atoms with Gasteiger partial charge in [-0.25, -0.2) is 0 Å². The third-order valence-corrected chi connectivity index (χ3v) is 4.36. The van der Waals surface area contributed by atoms with E-state index >= 15 is 0 Å². The van der Waals surface area contributed by atoms with E-state index in [1.54, 1.807) is 11.3 Å². The van der Waals surface area contributed by atoms with E-state index in [0.29, 0.717) is 24.2 Å². The molecule has 0 saturated heterocycles. The second kappa shape index (κ2) is 7.57. The Balaban J connectivity index is 2.27. The molecule has 0 aromatic carbocycles. The van der Waals surface area contributed by atoms with Crippen molar-refractivity contribution < 1.29 is 4.79 Å². The molecule has 0 saturated carbocycles. The molecule has 1 N–H and O–H groups in total. The molecule has 0 radical (unpaired) electrons. The first-order valence-electron chi connectivity index (χ1n) is 6.79. The lowest BCUT2D eigenvalue weighted by molar-refractivity contribution is -0.121. The van der Waals surface area contributed by atoms with Crippen molar-refractivity contribution in [1.82, 2.24) is 5.32 Å². The van der Waals surface area contributed by atoms with Gasteiger partial charge in [-0.3, -0.25) is 4.79 Å². The molecule has 3 heteroatoms. The van der Waals surface area contributed by atoms with Crippen LogP contribution in [0.15, 0.2) is 17.5 Å². The van der Waals surface area contributed by atoms with Crippen molar-refractivity contribution in [2.45, 2.75) is 40.5 Å². The minimum absolute atomic E-state index is 0.176. The summed E-state index contributed by atoms with van der Waals surface area (Å²) in [6.45, 7) is 9.70. The van der Waals surface area contributed by atoms with E-state index in [1.165, 1.54) is 4.88 Å². The fraction of sp³-hybridized carbons (Fsp3) is 0.667. The SMILES string of the molecule is CC(C)C(CNC(=O)CCc1cccs1)C(C)C. The molecular formula is C15H25NOS. The quantitative estimate of drug-likeness (QED) is 0.801. The van der Waals surface area contributed by atoms with Crippen molar-refractivity contribution in [3.63, 3.8) is 0 Å². The van der Waals surface area contributed by atoms with Crippen LogP contribution in [0.3, 0.4) is 0 Å². The summed E-state index contributed by atoms with van der Waals surface area (Å²) in [4.78, 5) is 13.1. The summed E-state index contributed by atoms with van der Waals surface area (Å²) in [6, 6.07) is 4.12. The van der Waals surface area contributed by atoms with Crippen LogP contribution in [0.25, 0.3) is 0 Å². The number of carbonyl (C=O) groups excluding carboxylic acids is 1. The number of carbonyl (C=O) groups is 1. The lowest BCUT2D eigenvalue weighted by Gasteiger charge is -2.25. The average Bonchev–Trinajstić information content (AvgIpc) is 2.78. The van der Waals surface area contributed by atoms with Crippen LogP contribution in [0.2, 0.25) is 0 Å². The Kier molecular flexibility index (Phi) is 6.41. The predicted octanol–water partition coefficient (Wildman–Crippen LogP) is 3.73. The standard InChI is InChI=1S/C15H25NOS/c1-11(2)14(12(3)4)10-16-15(17)8-7-13-6-5-9-18-13/h5-6,9,11-12,14H,7-8,10H2,1-4H3,(H,16,17). The summed E-state index contributed by atoms with van der Waals surface area (Å²) >= 11 is 1.72. The first-order chi connectivity index (χ1) is 8.50. The first-order valence-corrected chi connectivity index (χ1v) is 7.67. The van der Waals surface area contributed by atoms with Gasteiger partial charge < -0.3 is 5.32 Å². The van der Waals surface area contributed by atoms with Crippen LogP contribution >= 0.6 is 11.3 Å². The van der Waals surface area contributed by atoms with Gasteiger partial charge in [-0.1, -0.05) is 33.8 Å². The van der Waals surface area contributed by atoms with Crippen LogP contribution in [0.5, 0.6) is 0 Å². The van der Waals surface area contributed by atoms with Crippen molar-refractivity contribution in [1.29, 1.82) is 0 Å². The molecule has 102 valence electrons. The third-order valence-electron chi connectivity index (χ3n) is 3.43. The highest BCUT2D eigenvalue weighted by Crippen LogP contribution is 2.19. The van der Waals surface area contributed by atoms with E-state index in [1.807, 2.05) is 6.07 Å². The molecule has 0 fully saturated rings. The van der Waals surface area contributed by atoms with Crippen molar-refractivity contribution >= 4 is 17.2 Å². The van der Waals surface area contributed by atoms with Gasteiger partial charge in [0.1, 0.15) is 0 Å². The number of thiophene rings is 1. The van der Waals surface area contributed by atoms with Gasteiger partial charge in [0.25, 0.3) is 0 Å². The van der Waals surface area contributed by atoms with Gasteiger partial charge in [0.2, 0.25) is 5.91 Å². The molecule has 1 aromatic rings. The van der Waals surface area contributed by atoms with E-state index in [2.05, 4.69) is 44.5 Å². The van der Waals surface area contributed by atoms with E-state index in [9.17, 15) is 4.79 Å². The molecule has 0 aliphatic heterocycles. The summed E-state index contributed by atoms with van der Waals surface area (Å²) in [6.07, 6.45) is 1.46. The molecule has 0 unspecified atom stereocenters. The average molecular weight is 267 g/mol. The number of aryl methyl sites for hydroxylation is 1. The molecule has 0 atom stereocenters. The summed E-state index contributed by atoms with van der Waals surface area (Å²) in [5, 5.41) is 5.13. The Morgan fingerprint density at radius 1 is 1.28 bits per heavy atom. The monoisotopic (exact) mass is 267 g/mol. The van der Waals surface area contributed by atoms with Gasteiger partial charge in [0.05, 0.1) is 0 Å². The van der Waals surface area contributed by atoms with Crippen LogP contribution in [0, 0.1) is 17.8 Å². The Bertz CT molecular complexity index is 335. The molecule has 1 amide bonds. The van der Waals surface area contributed by atoms with Gasteiger partial charge in [-0.15, -0.1) is 11.3 Å². The minimum Gasteiger partial charge on any atom is -0.356 e. The first kappa shape index (κ1) is 15.2. The van der Waals surface area contributed by atoms with Crippen LogP contribution in [-0.4, -0.2) is 12.5 Å². The predicted molar refractivity (Wildman–Crippen MR) is 78.8 cm³/mol.